The fourth-order valence-corrected chi connectivity index (χ4v) is 2.65. The quantitative estimate of drug-likeness (QED) is 0.903. The number of carbonyl (C=O) groups excluding carboxylic acids is 1. The minimum absolute atomic E-state index is 0.141. The molecular formula is C14H16N4O2S. The summed E-state index contributed by atoms with van der Waals surface area (Å²) in [7, 11) is 0. The fourth-order valence-electron chi connectivity index (χ4n) is 2.06. The Kier molecular flexibility index (Phi) is 3.83. The van der Waals surface area contributed by atoms with Crippen LogP contribution >= 0.6 is 11.3 Å². The van der Waals surface area contributed by atoms with Gasteiger partial charge >= 0.3 is 0 Å². The van der Waals surface area contributed by atoms with Gasteiger partial charge in [-0.3, -0.25) is 9.59 Å². The van der Waals surface area contributed by atoms with Crippen LogP contribution in [0.2, 0.25) is 0 Å². The topological polar surface area (TPSA) is 76.9 Å². The molecule has 1 fully saturated rings. The van der Waals surface area contributed by atoms with E-state index < -0.39 is 0 Å². The van der Waals surface area contributed by atoms with Gasteiger partial charge in [-0.1, -0.05) is 0 Å². The van der Waals surface area contributed by atoms with Crippen molar-refractivity contribution in [2.45, 2.75) is 32.2 Å². The Morgan fingerprint density at radius 3 is 2.95 bits per heavy atom. The van der Waals surface area contributed by atoms with Crippen molar-refractivity contribution in [3.05, 3.63) is 44.3 Å². The van der Waals surface area contributed by atoms with E-state index in [0.29, 0.717) is 24.7 Å². The average molecular weight is 304 g/mol. The summed E-state index contributed by atoms with van der Waals surface area (Å²) < 4.78 is 1.42. The third-order valence-electron chi connectivity index (χ3n) is 3.34. The van der Waals surface area contributed by atoms with E-state index in [9.17, 15) is 9.59 Å². The van der Waals surface area contributed by atoms with Gasteiger partial charge in [0.05, 0.1) is 17.2 Å². The molecule has 0 saturated heterocycles. The average Bonchev–Trinajstić information content (AvgIpc) is 3.22. The van der Waals surface area contributed by atoms with Gasteiger partial charge in [-0.25, -0.2) is 9.67 Å². The first-order chi connectivity index (χ1) is 10.1. The van der Waals surface area contributed by atoms with Crippen molar-refractivity contribution in [1.29, 1.82) is 0 Å². The molecule has 3 rings (SSSR count). The Bertz CT molecular complexity index is 718. The van der Waals surface area contributed by atoms with E-state index in [2.05, 4.69) is 15.4 Å². The zero-order chi connectivity index (χ0) is 14.8. The van der Waals surface area contributed by atoms with Crippen LogP contribution in [-0.2, 0) is 6.54 Å². The summed E-state index contributed by atoms with van der Waals surface area (Å²) in [5, 5.41) is 9.69. The van der Waals surface area contributed by atoms with Gasteiger partial charge in [0.1, 0.15) is 5.69 Å². The number of aromatic nitrogens is 3. The molecule has 7 heteroatoms. The maximum atomic E-state index is 11.8. The Morgan fingerprint density at radius 2 is 2.29 bits per heavy atom. The van der Waals surface area contributed by atoms with Crippen molar-refractivity contribution in [3.8, 4) is 0 Å². The summed E-state index contributed by atoms with van der Waals surface area (Å²) >= 11 is 1.44. The third-order valence-corrected chi connectivity index (χ3v) is 4.12. The van der Waals surface area contributed by atoms with Crippen LogP contribution in [-0.4, -0.2) is 27.2 Å². The highest BCUT2D eigenvalue weighted by atomic mass is 32.1. The monoisotopic (exact) mass is 304 g/mol. The lowest BCUT2D eigenvalue weighted by atomic mass is 10.3. The highest BCUT2D eigenvalue weighted by Crippen LogP contribution is 2.38. The van der Waals surface area contributed by atoms with Gasteiger partial charge in [-0.15, -0.1) is 11.3 Å². The SMILES string of the molecule is Cc1nc(C(=O)NCCn2nc(C3CC3)ccc2=O)cs1. The number of nitrogens with zero attached hydrogens (tertiary/aromatic N) is 3. The molecule has 0 aromatic carbocycles. The van der Waals surface area contributed by atoms with Crippen molar-refractivity contribution in [2.24, 2.45) is 0 Å². The van der Waals surface area contributed by atoms with E-state index in [1.165, 1.54) is 16.0 Å². The maximum Gasteiger partial charge on any atom is 0.270 e. The fraction of sp³-hybridized carbons (Fsp3) is 0.429. The molecule has 0 aliphatic heterocycles. The summed E-state index contributed by atoms with van der Waals surface area (Å²) in [4.78, 5) is 27.7. The van der Waals surface area contributed by atoms with E-state index in [4.69, 9.17) is 0 Å². The van der Waals surface area contributed by atoms with E-state index in [1.807, 2.05) is 6.92 Å². The first kappa shape index (κ1) is 13.9. The van der Waals surface area contributed by atoms with Crippen LogP contribution < -0.4 is 10.9 Å². The molecule has 1 N–H and O–H groups in total. The first-order valence-electron chi connectivity index (χ1n) is 6.92. The summed E-state index contributed by atoms with van der Waals surface area (Å²) in [5.74, 6) is 0.287. The van der Waals surface area contributed by atoms with Gasteiger partial charge in [0.25, 0.3) is 11.5 Å². The van der Waals surface area contributed by atoms with E-state index >= 15 is 0 Å². The minimum Gasteiger partial charge on any atom is -0.349 e. The molecule has 2 aromatic heterocycles. The van der Waals surface area contributed by atoms with Crippen molar-refractivity contribution < 1.29 is 4.79 Å². The van der Waals surface area contributed by atoms with E-state index in [0.717, 1.165) is 23.5 Å². The van der Waals surface area contributed by atoms with Gasteiger partial charge < -0.3 is 5.32 Å². The summed E-state index contributed by atoms with van der Waals surface area (Å²) in [5.41, 5.74) is 1.25. The predicted molar refractivity (Wildman–Crippen MR) is 79.7 cm³/mol. The lowest BCUT2D eigenvalue weighted by Crippen LogP contribution is -2.32. The molecule has 1 amide bonds. The summed E-state index contributed by atoms with van der Waals surface area (Å²) in [6.45, 7) is 2.58. The van der Waals surface area contributed by atoms with Crippen LogP contribution in [0.25, 0.3) is 0 Å². The lowest BCUT2D eigenvalue weighted by Gasteiger charge is -2.07. The Balaban J connectivity index is 1.59. The Hall–Kier alpha value is -2.02. The van der Waals surface area contributed by atoms with Gasteiger partial charge in [-0.05, 0) is 25.8 Å². The molecule has 0 radical (unpaired) electrons. The smallest absolute Gasteiger partial charge is 0.270 e. The highest BCUT2D eigenvalue weighted by Gasteiger charge is 2.25. The van der Waals surface area contributed by atoms with Crippen LogP contribution in [0.1, 0.15) is 39.9 Å². The number of hydrogen-bond acceptors (Lipinski definition) is 5. The molecule has 1 saturated carbocycles. The van der Waals surface area contributed by atoms with Gasteiger partial charge in [-0.2, -0.15) is 5.10 Å². The zero-order valence-electron chi connectivity index (χ0n) is 11.7. The number of thiazole rings is 1. The number of carbonyl (C=O) groups is 1. The molecule has 2 aromatic rings. The summed E-state index contributed by atoms with van der Waals surface area (Å²) in [6, 6.07) is 3.35. The van der Waals surface area contributed by atoms with Crippen LogP contribution in [0, 0.1) is 6.92 Å². The highest BCUT2D eigenvalue weighted by molar-refractivity contribution is 7.09. The molecule has 0 atom stereocenters. The van der Waals surface area contributed by atoms with Gasteiger partial charge in [0.2, 0.25) is 0 Å². The minimum atomic E-state index is -0.217. The number of rotatable bonds is 5. The molecule has 1 aliphatic rings. The second-order valence-corrected chi connectivity index (χ2v) is 6.16. The zero-order valence-corrected chi connectivity index (χ0v) is 12.5. The van der Waals surface area contributed by atoms with Crippen LogP contribution in [0.4, 0.5) is 0 Å². The van der Waals surface area contributed by atoms with Crippen molar-refractivity contribution in [3.63, 3.8) is 0 Å². The van der Waals surface area contributed by atoms with Crippen molar-refractivity contribution >= 4 is 17.2 Å². The first-order valence-corrected chi connectivity index (χ1v) is 7.80. The third kappa shape index (κ3) is 3.36. The van der Waals surface area contributed by atoms with Gasteiger partial charge in [0.15, 0.2) is 0 Å². The second kappa shape index (κ2) is 5.77. The molecule has 0 spiro atoms. The molecule has 1 aliphatic carbocycles. The Labute approximate surface area is 125 Å². The lowest BCUT2D eigenvalue weighted by molar-refractivity contribution is 0.0947. The summed E-state index contributed by atoms with van der Waals surface area (Å²) in [6.07, 6.45) is 2.29. The standard InChI is InChI=1S/C14H16N4O2S/c1-9-16-12(8-21-9)14(20)15-6-7-18-13(19)5-4-11(17-18)10-2-3-10/h4-5,8,10H,2-3,6-7H2,1H3,(H,15,20). The molecule has 6 nitrogen and oxygen atoms in total. The number of amides is 1. The second-order valence-electron chi connectivity index (χ2n) is 5.10. The van der Waals surface area contributed by atoms with Crippen LogP contribution in [0.5, 0.6) is 0 Å². The molecule has 110 valence electrons. The van der Waals surface area contributed by atoms with Crippen molar-refractivity contribution in [2.75, 3.05) is 6.54 Å². The molecule has 2 heterocycles. The largest absolute Gasteiger partial charge is 0.349 e. The number of aryl methyl sites for hydroxylation is 1. The molecular weight excluding hydrogens is 288 g/mol. The van der Waals surface area contributed by atoms with Crippen molar-refractivity contribution in [1.82, 2.24) is 20.1 Å². The molecule has 0 unspecified atom stereocenters. The van der Waals surface area contributed by atoms with E-state index in [1.54, 1.807) is 17.5 Å². The molecule has 0 bridgehead atoms. The maximum absolute atomic E-state index is 11.8. The number of nitrogens with one attached hydrogen (secondary N) is 1. The Morgan fingerprint density at radius 1 is 1.48 bits per heavy atom. The number of hydrogen-bond donors (Lipinski definition) is 1. The van der Waals surface area contributed by atoms with Crippen LogP contribution in [0.15, 0.2) is 22.3 Å². The molecule has 21 heavy (non-hydrogen) atoms. The van der Waals surface area contributed by atoms with Crippen LogP contribution in [0.3, 0.4) is 0 Å². The predicted octanol–water partition coefficient (Wildman–Crippen LogP) is 1.32. The normalized spacial score (nSPS) is 14.1. The van der Waals surface area contributed by atoms with Gasteiger partial charge in [0, 0.05) is 23.9 Å². The van der Waals surface area contributed by atoms with E-state index in [-0.39, 0.29) is 11.5 Å².